The highest BCUT2D eigenvalue weighted by atomic mass is 32.1. The second kappa shape index (κ2) is 14.3. The van der Waals surface area contributed by atoms with Crippen LogP contribution >= 0.6 is 12.6 Å². The SMILES string of the molecule is COc1cc(OC)cc(-n2cc3cnc(Nc4ccc(N5C=CN(C)C=C5)cc4)nc3[n+](Cc3ccc(NC(=O)CCS)cc3)c2=O)c1. The number of carbonyl (C=O) groups is 1. The number of anilines is 4. The smallest absolute Gasteiger partial charge is 0.448 e. The molecule has 13 heteroatoms. The predicted octanol–water partition coefficient (Wildman–Crippen LogP) is 4.83. The third-order valence-electron chi connectivity index (χ3n) is 7.63. The predicted molar refractivity (Wildman–Crippen MR) is 189 cm³/mol. The summed E-state index contributed by atoms with van der Waals surface area (Å²) in [5.74, 6) is 1.77. The Kier molecular flexibility index (Phi) is 9.57. The number of nitrogens with one attached hydrogen (secondary N) is 2. The minimum absolute atomic E-state index is 0.114. The van der Waals surface area contributed by atoms with Crippen LogP contribution in [-0.4, -0.2) is 52.4 Å². The van der Waals surface area contributed by atoms with Gasteiger partial charge in [-0.3, -0.25) is 4.79 Å². The van der Waals surface area contributed by atoms with Crippen molar-refractivity contribution in [2.24, 2.45) is 0 Å². The molecule has 5 aromatic rings. The van der Waals surface area contributed by atoms with Crippen molar-refractivity contribution in [1.29, 1.82) is 0 Å². The summed E-state index contributed by atoms with van der Waals surface area (Å²) in [5.41, 5.74) is 3.96. The normalized spacial score (nSPS) is 12.3. The molecule has 6 rings (SSSR count). The number of methoxy groups -OCH3 is 2. The van der Waals surface area contributed by atoms with E-state index in [1.54, 1.807) is 49.4 Å². The number of nitrogens with zero attached hydrogens (tertiary/aromatic N) is 6. The van der Waals surface area contributed by atoms with Gasteiger partial charge in [-0.1, -0.05) is 17.1 Å². The minimum atomic E-state index is -0.328. The Hall–Kier alpha value is -5.82. The molecular formula is C35H35N8O4S+. The highest BCUT2D eigenvalue weighted by molar-refractivity contribution is 7.80. The molecule has 2 N–H and O–H groups in total. The Labute approximate surface area is 283 Å². The molecule has 0 bridgehead atoms. The number of ether oxygens (including phenoxy) is 2. The quantitative estimate of drug-likeness (QED) is 0.135. The molecule has 0 saturated heterocycles. The van der Waals surface area contributed by atoms with E-state index >= 15 is 0 Å². The standard InChI is InChI=1S/C35H34N8O4S/c1-40-13-15-41(16-14-40)28-10-8-27(9-11-28)38-34-36-21-25-23-42(29-18-30(46-2)20-31(19-29)47-3)35(45)43(33(25)39-34)22-24-4-6-26(7-5-24)37-32(44)12-17-48/h4-11,13-16,18-21,23H,12,17,22H2,1-3H3,(H2,37,44,48)/p+1. The largest absolute Gasteiger partial charge is 0.496 e. The summed E-state index contributed by atoms with van der Waals surface area (Å²) in [7, 11) is 5.09. The number of aromatic nitrogens is 4. The first kappa shape index (κ1) is 32.1. The van der Waals surface area contributed by atoms with E-state index in [4.69, 9.17) is 14.5 Å². The van der Waals surface area contributed by atoms with E-state index in [9.17, 15) is 9.59 Å². The van der Waals surface area contributed by atoms with Gasteiger partial charge in [0.25, 0.3) is 5.65 Å². The highest BCUT2D eigenvalue weighted by Gasteiger charge is 2.21. The number of fused-ring (bicyclic) bond motifs is 1. The molecule has 0 saturated carbocycles. The maximum absolute atomic E-state index is 14.2. The third-order valence-corrected chi connectivity index (χ3v) is 7.86. The number of carbonyl (C=O) groups excluding carboxylic acids is 1. The van der Waals surface area contributed by atoms with Crippen LogP contribution in [0.15, 0.2) is 109 Å². The zero-order valence-electron chi connectivity index (χ0n) is 26.7. The lowest BCUT2D eigenvalue weighted by Gasteiger charge is -2.22. The maximum Gasteiger partial charge on any atom is 0.448 e. The van der Waals surface area contributed by atoms with Gasteiger partial charge in [0.1, 0.15) is 29.1 Å². The monoisotopic (exact) mass is 663 g/mol. The van der Waals surface area contributed by atoms with Crippen LogP contribution in [0.25, 0.3) is 16.7 Å². The molecule has 0 aliphatic carbocycles. The average molecular weight is 664 g/mol. The molecule has 3 heterocycles. The Balaban J connectivity index is 1.37. The molecule has 0 atom stereocenters. The molecule has 0 fully saturated rings. The number of amides is 1. The summed E-state index contributed by atoms with van der Waals surface area (Å²) in [6.07, 6.45) is 11.6. The van der Waals surface area contributed by atoms with Gasteiger partial charge in [0, 0.05) is 79.7 Å². The van der Waals surface area contributed by atoms with Crippen molar-refractivity contribution in [3.63, 3.8) is 0 Å². The van der Waals surface area contributed by atoms with Gasteiger partial charge in [0.15, 0.2) is 0 Å². The van der Waals surface area contributed by atoms with Gasteiger partial charge in [0.05, 0.1) is 20.4 Å². The van der Waals surface area contributed by atoms with E-state index in [0.29, 0.717) is 52.0 Å². The summed E-state index contributed by atoms with van der Waals surface area (Å²) in [6.45, 7) is 0.208. The van der Waals surface area contributed by atoms with Crippen molar-refractivity contribution in [2.45, 2.75) is 13.0 Å². The molecule has 2 aromatic heterocycles. The lowest BCUT2D eigenvalue weighted by molar-refractivity contribution is -0.682. The molecule has 0 unspecified atom stereocenters. The van der Waals surface area contributed by atoms with Crippen LogP contribution in [-0.2, 0) is 11.3 Å². The molecule has 0 radical (unpaired) electrons. The zero-order chi connectivity index (χ0) is 33.6. The minimum Gasteiger partial charge on any atom is -0.496 e. The van der Waals surface area contributed by atoms with Crippen molar-refractivity contribution in [3.05, 3.63) is 120 Å². The molecule has 244 valence electrons. The molecular weight excluding hydrogens is 629 g/mol. The number of hydrogen-bond acceptors (Lipinski definition) is 10. The molecule has 3 aromatic carbocycles. The van der Waals surface area contributed by atoms with Gasteiger partial charge >= 0.3 is 11.6 Å². The highest BCUT2D eigenvalue weighted by Crippen LogP contribution is 2.26. The Bertz CT molecular complexity index is 2030. The second-order valence-corrected chi connectivity index (χ2v) is 11.4. The lowest BCUT2D eigenvalue weighted by Crippen LogP contribution is -2.55. The van der Waals surface area contributed by atoms with E-state index in [1.165, 1.54) is 4.57 Å². The van der Waals surface area contributed by atoms with Gasteiger partial charge in [-0.05, 0) is 47.7 Å². The summed E-state index contributed by atoms with van der Waals surface area (Å²) in [5, 5.41) is 6.77. The molecule has 1 aliphatic rings. The van der Waals surface area contributed by atoms with Crippen LogP contribution in [0.3, 0.4) is 0 Å². The molecule has 48 heavy (non-hydrogen) atoms. The number of rotatable bonds is 11. The third kappa shape index (κ3) is 7.26. The van der Waals surface area contributed by atoms with Crippen LogP contribution < -0.4 is 35.3 Å². The van der Waals surface area contributed by atoms with Gasteiger partial charge < -0.3 is 29.9 Å². The molecule has 12 nitrogen and oxygen atoms in total. The van der Waals surface area contributed by atoms with Crippen molar-refractivity contribution in [2.75, 3.05) is 42.6 Å². The Morgan fingerprint density at radius 2 is 1.56 bits per heavy atom. The fourth-order valence-corrected chi connectivity index (χ4v) is 5.30. The molecule has 1 aliphatic heterocycles. The lowest BCUT2D eigenvalue weighted by atomic mass is 10.2. The van der Waals surface area contributed by atoms with E-state index in [-0.39, 0.29) is 18.1 Å². The summed E-state index contributed by atoms with van der Waals surface area (Å²) in [6, 6.07) is 20.5. The van der Waals surface area contributed by atoms with E-state index in [0.717, 1.165) is 16.9 Å². The van der Waals surface area contributed by atoms with Gasteiger partial charge in [-0.2, -0.15) is 21.8 Å². The maximum atomic E-state index is 14.2. The van der Waals surface area contributed by atoms with Crippen molar-refractivity contribution in [1.82, 2.24) is 19.4 Å². The topological polar surface area (TPSA) is 118 Å². The summed E-state index contributed by atoms with van der Waals surface area (Å²) >= 11 is 4.12. The molecule has 1 amide bonds. The van der Waals surface area contributed by atoms with Gasteiger partial charge in [-0.25, -0.2) is 9.78 Å². The van der Waals surface area contributed by atoms with Crippen LogP contribution in [0.2, 0.25) is 0 Å². The van der Waals surface area contributed by atoms with Crippen molar-refractivity contribution < 1.29 is 18.8 Å². The second-order valence-electron chi connectivity index (χ2n) is 11.0. The van der Waals surface area contributed by atoms with Crippen LogP contribution in [0, 0.1) is 0 Å². The fraction of sp³-hybridized carbons (Fsp3) is 0.171. The zero-order valence-corrected chi connectivity index (χ0v) is 27.6. The van der Waals surface area contributed by atoms with E-state index < -0.39 is 0 Å². The van der Waals surface area contributed by atoms with Gasteiger partial charge in [-0.15, -0.1) is 0 Å². The van der Waals surface area contributed by atoms with Gasteiger partial charge in [0.2, 0.25) is 5.91 Å². The van der Waals surface area contributed by atoms with E-state index in [2.05, 4.69) is 28.2 Å². The van der Waals surface area contributed by atoms with E-state index in [1.807, 2.05) is 90.2 Å². The Morgan fingerprint density at radius 3 is 2.21 bits per heavy atom. The van der Waals surface area contributed by atoms with Crippen LogP contribution in [0.4, 0.5) is 23.0 Å². The fourth-order valence-electron chi connectivity index (χ4n) is 5.10. The summed E-state index contributed by atoms with van der Waals surface area (Å²) in [4.78, 5) is 39.6. The number of thiol groups is 1. The summed E-state index contributed by atoms with van der Waals surface area (Å²) < 4.78 is 14.0. The number of hydrogen-bond donors (Lipinski definition) is 3. The first-order valence-electron chi connectivity index (χ1n) is 15.1. The van der Waals surface area contributed by atoms with Crippen molar-refractivity contribution >= 4 is 52.6 Å². The van der Waals surface area contributed by atoms with Crippen LogP contribution in [0.5, 0.6) is 11.5 Å². The van der Waals surface area contributed by atoms with Crippen molar-refractivity contribution in [3.8, 4) is 17.2 Å². The average Bonchev–Trinajstić information content (AvgIpc) is 3.10. The number of benzene rings is 3. The first-order chi connectivity index (χ1) is 23.3. The first-order valence-corrected chi connectivity index (χ1v) is 15.8. The Morgan fingerprint density at radius 1 is 0.896 bits per heavy atom. The molecule has 0 spiro atoms. The van der Waals surface area contributed by atoms with Crippen LogP contribution in [0.1, 0.15) is 12.0 Å².